The number of benzene rings is 3. The van der Waals surface area contributed by atoms with Crippen LogP contribution in [0.4, 0.5) is 5.69 Å². The molecule has 3 aromatic carbocycles. The molecule has 0 radical (unpaired) electrons. The number of methoxy groups -OCH3 is 1. The van der Waals surface area contributed by atoms with Crippen LogP contribution in [0, 0.1) is 0 Å². The number of thioether (sulfide) groups is 1. The van der Waals surface area contributed by atoms with E-state index in [2.05, 4.69) is 5.32 Å². The van der Waals surface area contributed by atoms with Gasteiger partial charge in [-0.1, -0.05) is 31.2 Å². The fraction of sp³-hybridized carbons (Fsp3) is 0.296. The highest BCUT2D eigenvalue weighted by atomic mass is 32.2. The predicted octanol–water partition coefficient (Wildman–Crippen LogP) is 5.28. The van der Waals surface area contributed by atoms with Gasteiger partial charge in [0.05, 0.1) is 30.3 Å². The summed E-state index contributed by atoms with van der Waals surface area (Å²) >= 11 is 1.52. The molecule has 192 valence electrons. The van der Waals surface area contributed by atoms with Crippen molar-refractivity contribution in [2.45, 2.75) is 36.1 Å². The average Bonchev–Trinajstić information content (AvgIpc) is 2.91. The number of carbonyl (C=O) groups excluding carboxylic acids is 1. The summed E-state index contributed by atoms with van der Waals surface area (Å²) < 4.78 is 39.6. The molecule has 0 fully saturated rings. The van der Waals surface area contributed by atoms with E-state index in [1.807, 2.05) is 44.4 Å². The minimum absolute atomic E-state index is 0.0987. The van der Waals surface area contributed by atoms with Crippen LogP contribution in [0.15, 0.2) is 82.6 Å². The van der Waals surface area contributed by atoms with Crippen molar-refractivity contribution in [1.29, 1.82) is 0 Å². The molecule has 0 saturated heterocycles. The Balaban J connectivity index is 1.95. The Bertz CT molecular complexity index is 1250. The fourth-order valence-corrected chi connectivity index (χ4v) is 5.58. The van der Waals surface area contributed by atoms with Gasteiger partial charge in [-0.25, -0.2) is 8.42 Å². The first-order valence-electron chi connectivity index (χ1n) is 11.7. The van der Waals surface area contributed by atoms with Gasteiger partial charge in [-0.15, -0.1) is 11.8 Å². The minimum atomic E-state index is -4.06. The Morgan fingerprint density at radius 1 is 1.00 bits per heavy atom. The third kappa shape index (κ3) is 6.53. The second-order valence-electron chi connectivity index (χ2n) is 7.89. The number of anilines is 1. The number of hydrogen-bond acceptors (Lipinski definition) is 6. The molecule has 1 atom stereocenters. The Morgan fingerprint density at radius 3 is 2.25 bits per heavy atom. The van der Waals surface area contributed by atoms with Gasteiger partial charge in [-0.3, -0.25) is 9.10 Å². The normalized spacial score (nSPS) is 12.0. The zero-order valence-electron chi connectivity index (χ0n) is 20.9. The molecule has 0 aromatic heterocycles. The van der Waals surface area contributed by atoms with Gasteiger partial charge >= 0.3 is 0 Å². The topological polar surface area (TPSA) is 84.9 Å². The first kappa shape index (κ1) is 27.4. The van der Waals surface area contributed by atoms with E-state index in [0.29, 0.717) is 24.5 Å². The van der Waals surface area contributed by atoms with Crippen LogP contribution in [0.25, 0.3) is 0 Å². The Kier molecular flexibility index (Phi) is 9.66. The molecule has 0 bridgehead atoms. The van der Waals surface area contributed by atoms with Crippen LogP contribution < -0.4 is 19.1 Å². The van der Waals surface area contributed by atoms with Gasteiger partial charge < -0.3 is 14.8 Å². The van der Waals surface area contributed by atoms with Crippen LogP contribution in [0.3, 0.4) is 0 Å². The fourth-order valence-electron chi connectivity index (χ4n) is 3.74. The maximum atomic E-state index is 13.8. The lowest BCUT2D eigenvalue weighted by Crippen LogP contribution is -2.42. The second-order valence-corrected chi connectivity index (χ2v) is 10.6. The summed E-state index contributed by atoms with van der Waals surface area (Å²) in [6.45, 7) is 3.74. The molecular formula is C27H32N2O5S2. The van der Waals surface area contributed by atoms with E-state index in [0.717, 1.165) is 20.5 Å². The lowest BCUT2D eigenvalue weighted by atomic mass is 10.0. The van der Waals surface area contributed by atoms with E-state index < -0.39 is 22.5 Å². The average molecular weight is 529 g/mol. The molecule has 1 N–H and O–H groups in total. The highest BCUT2D eigenvalue weighted by Crippen LogP contribution is 2.33. The molecule has 0 aliphatic carbocycles. The molecule has 0 saturated carbocycles. The van der Waals surface area contributed by atoms with Gasteiger partial charge in [0, 0.05) is 4.90 Å². The minimum Gasteiger partial charge on any atom is -0.497 e. The molecule has 1 amide bonds. The first-order chi connectivity index (χ1) is 17.3. The lowest BCUT2D eigenvalue weighted by Gasteiger charge is -2.27. The zero-order chi connectivity index (χ0) is 26.1. The number of amides is 1. The van der Waals surface area contributed by atoms with Crippen LogP contribution in [0.2, 0.25) is 0 Å². The third-order valence-corrected chi connectivity index (χ3v) is 8.15. The van der Waals surface area contributed by atoms with Crippen molar-refractivity contribution in [2.75, 3.05) is 30.8 Å². The second kappa shape index (κ2) is 12.7. The summed E-state index contributed by atoms with van der Waals surface area (Å²) in [7, 11) is -2.47. The summed E-state index contributed by atoms with van der Waals surface area (Å²) in [4.78, 5) is 14.3. The van der Waals surface area contributed by atoms with Gasteiger partial charge in [0.2, 0.25) is 5.91 Å². The van der Waals surface area contributed by atoms with Crippen LogP contribution in [0.1, 0.15) is 31.9 Å². The van der Waals surface area contributed by atoms with Crippen molar-refractivity contribution in [3.8, 4) is 11.5 Å². The number of carbonyl (C=O) groups is 1. The molecule has 9 heteroatoms. The summed E-state index contributed by atoms with van der Waals surface area (Å²) in [5.41, 5.74) is 1.21. The Morgan fingerprint density at radius 2 is 1.67 bits per heavy atom. The first-order valence-corrected chi connectivity index (χ1v) is 14.3. The lowest BCUT2D eigenvalue weighted by molar-refractivity contribution is -0.120. The monoisotopic (exact) mass is 528 g/mol. The van der Waals surface area contributed by atoms with Gasteiger partial charge in [0.1, 0.15) is 18.0 Å². The molecule has 0 unspecified atom stereocenters. The van der Waals surface area contributed by atoms with Crippen molar-refractivity contribution >= 4 is 33.4 Å². The van der Waals surface area contributed by atoms with Crippen LogP contribution >= 0.6 is 11.8 Å². The van der Waals surface area contributed by atoms with Crippen molar-refractivity contribution < 1.29 is 22.7 Å². The maximum Gasteiger partial charge on any atom is 0.264 e. The van der Waals surface area contributed by atoms with Gasteiger partial charge in [0.25, 0.3) is 10.0 Å². The molecule has 0 aliphatic heterocycles. The molecule has 3 rings (SSSR count). The maximum absolute atomic E-state index is 13.8. The number of nitrogens with zero attached hydrogens (tertiary/aromatic N) is 1. The number of hydrogen-bond donors (Lipinski definition) is 1. The van der Waals surface area contributed by atoms with Gasteiger partial charge in [0.15, 0.2) is 0 Å². The Hall–Kier alpha value is -3.17. The number of rotatable bonds is 12. The van der Waals surface area contributed by atoms with E-state index in [4.69, 9.17) is 9.47 Å². The van der Waals surface area contributed by atoms with E-state index in [-0.39, 0.29) is 10.9 Å². The predicted molar refractivity (Wildman–Crippen MR) is 145 cm³/mol. The highest BCUT2D eigenvalue weighted by molar-refractivity contribution is 7.98. The standard InChI is InChI=1S/C27H32N2O5S2/c1-5-24(20-11-13-21(33-3)14-12-20)28-27(30)19-29(25-9-7-8-10-26(25)34-6-2)36(31,32)23-17-15-22(35-4)16-18-23/h7-18,24H,5-6,19H2,1-4H3,(H,28,30)/t24-/m1/s1. The van der Waals surface area contributed by atoms with Crippen molar-refractivity contribution in [2.24, 2.45) is 0 Å². The molecule has 3 aromatic rings. The third-order valence-electron chi connectivity index (χ3n) is 5.63. The zero-order valence-corrected chi connectivity index (χ0v) is 22.6. The molecule has 0 heterocycles. The smallest absolute Gasteiger partial charge is 0.264 e. The summed E-state index contributed by atoms with van der Waals surface area (Å²) in [5, 5.41) is 2.98. The Labute approximate surface area is 217 Å². The van der Waals surface area contributed by atoms with Gasteiger partial charge in [-0.2, -0.15) is 0 Å². The number of sulfonamides is 1. The molecule has 36 heavy (non-hydrogen) atoms. The van der Waals surface area contributed by atoms with E-state index in [9.17, 15) is 13.2 Å². The summed E-state index contributed by atoms with van der Waals surface area (Å²) in [6, 6.07) is 20.6. The van der Waals surface area contributed by atoms with Crippen LogP contribution in [-0.2, 0) is 14.8 Å². The summed E-state index contributed by atoms with van der Waals surface area (Å²) in [5.74, 6) is 0.685. The van der Waals surface area contributed by atoms with E-state index in [1.165, 1.54) is 11.8 Å². The van der Waals surface area contributed by atoms with Crippen molar-refractivity contribution in [3.63, 3.8) is 0 Å². The quantitative estimate of drug-likeness (QED) is 0.322. The number of ether oxygens (including phenoxy) is 2. The van der Waals surface area contributed by atoms with E-state index in [1.54, 1.807) is 55.6 Å². The molecular weight excluding hydrogens is 496 g/mol. The summed E-state index contributed by atoms with van der Waals surface area (Å²) in [6.07, 6.45) is 2.56. The SMILES string of the molecule is CCOc1ccccc1N(CC(=O)N[C@H](CC)c1ccc(OC)cc1)S(=O)(=O)c1ccc(SC)cc1. The van der Waals surface area contributed by atoms with Crippen molar-refractivity contribution in [1.82, 2.24) is 5.32 Å². The largest absolute Gasteiger partial charge is 0.497 e. The van der Waals surface area contributed by atoms with E-state index >= 15 is 0 Å². The van der Waals surface area contributed by atoms with Crippen LogP contribution in [0.5, 0.6) is 11.5 Å². The highest BCUT2D eigenvalue weighted by Gasteiger charge is 2.30. The molecule has 0 aliphatic rings. The molecule has 7 nitrogen and oxygen atoms in total. The number of nitrogens with one attached hydrogen (secondary N) is 1. The molecule has 0 spiro atoms. The van der Waals surface area contributed by atoms with Gasteiger partial charge in [-0.05, 0) is 73.7 Å². The number of para-hydroxylation sites is 2. The van der Waals surface area contributed by atoms with Crippen LogP contribution in [-0.4, -0.2) is 40.8 Å². The van der Waals surface area contributed by atoms with Crippen molar-refractivity contribution in [3.05, 3.63) is 78.4 Å².